The molecule has 20 heavy (non-hydrogen) atoms. The van der Waals surface area contributed by atoms with Crippen LogP contribution in [0, 0.1) is 5.92 Å². The zero-order valence-electron chi connectivity index (χ0n) is 12.6. The molecule has 2 nitrogen and oxygen atoms in total. The summed E-state index contributed by atoms with van der Waals surface area (Å²) in [7, 11) is 0. The molecule has 1 N–H and O–H groups in total. The standard InChI is InChI=1S/C17H26BrNO/c1-3-11-19-12-14-5-4-6-16(18)17(14)20-15-9-7-13(2)8-10-15/h4-6,13,15,19H,3,7-12H2,1-2H3. The minimum atomic E-state index is 0.384. The van der Waals surface area contributed by atoms with E-state index in [9.17, 15) is 0 Å². The van der Waals surface area contributed by atoms with Crippen LogP contribution in [-0.2, 0) is 6.54 Å². The van der Waals surface area contributed by atoms with E-state index in [-0.39, 0.29) is 0 Å². The Kier molecular flexibility index (Phi) is 6.37. The van der Waals surface area contributed by atoms with E-state index < -0.39 is 0 Å². The molecule has 0 heterocycles. The van der Waals surface area contributed by atoms with E-state index in [4.69, 9.17) is 4.74 Å². The van der Waals surface area contributed by atoms with Gasteiger partial charge in [0.1, 0.15) is 5.75 Å². The quantitative estimate of drug-likeness (QED) is 0.743. The summed E-state index contributed by atoms with van der Waals surface area (Å²) in [4.78, 5) is 0. The summed E-state index contributed by atoms with van der Waals surface area (Å²) >= 11 is 3.64. The smallest absolute Gasteiger partial charge is 0.138 e. The third-order valence-electron chi connectivity index (χ3n) is 4.04. The van der Waals surface area contributed by atoms with Crippen LogP contribution in [0.25, 0.3) is 0 Å². The third-order valence-corrected chi connectivity index (χ3v) is 4.66. The molecule has 0 saturated heterocycles. The van der Waals surface area contributed by atoms with Crippen LogP contribution in [0.4, 0.5) is 0 Å². The molecule has 1 saturated carbocycles. The van der Waals surface area contributed by atoms with Crippen molar-refractivity contribution in [3.05, 3.63) is 28.2 Å². The van der Waals surface area contributed by atoms with Crippen molar-refractivity contribution in [2.24, 2.45) is 5.92 Å². The minimum Gasteiger partial charge on any atom is -0.489 e. The molecule has 2 rings (SSSR count). The Morgan fingerprint density at radius 2 is 2.00 bits per heavy atom. The van der Waals surface area contributed by atoms with Crippen LogP contribution in [-0.4, -0.2) is 12.6 Å². The van der Waals surface area contributed by atoms with Crippen LogP contribution < -0.4 is 10.1 Å². The first-order valence-corrected chi connectivity index (χ1v) is 8.64. The molecule has 112 valence electrons. The summed E-state index contributed by atoms with van der Waals surface area (Å²) in [6.45, 7) is 6.46. The van der Waals surface area contributed by atoms with E-state index in [1.165, 1.54) is 31.2 Å². The van der Waals surface area contributed by atoms with Crippen LogP contribution in [0.1, 0.15) is 51.5 Å². The average molecular weight is 340 g/mol. The average Bonchev–Trinajstić information content (AvgIpc) is 2.45. The lowest BCUT2D eigenvalue weighted by molar-refractivity contribution is 0.133. The fraction of sp³-hybridized carbons (Fsp3) is 0.647. The van der Waals surface area contributed by atoms with Gasteiger partial charge in [0.05, 0.1) is 10.6 Å². The summed E-state index contributed by atoms with van der Waals surface area (Å²) in [5, 5.41) is 3.46. The summed E-state index contributed by atoms with van der Waals surface area (Å²) in [6, 6.07) is 6.32. The van der Waals surface area contributed by atoms with Gasteiger partial charge in [-0.25, -0.2) is 0 Å². The molecule has 0 spiro atoms. The maximum absolute atomic E-state index is 6.31. The second-order valence-corrected chi connectivity index (χ2v) is 6.76. The normalized spacial score (nSPS) is 22.8. The van der Waals surface area contributed by atoms with Gasteiger partial charge in [-0.2, -0.15) is 0 Å². The van der Waals surface area contributed by atoms with E-state index in [1.807, 2.05) is 0 Å². The van der Waals surface area contributed by atoms with Gasteiger partial charge in [-0.1, -0.05) is 26.0 Å². The molecule has 0 amide bonds. The molecule has 0 aliphatic heterocycles. The number of halogens is 1. The highest BCUT2D eigenvalue weighted by molar-refractivity contribution is 9.10. The number of rotatable bonds is 6. The van der Waals surface area contributed by atoms with E-state index in [2.05, 4.69) is 53.3 Å². The van der Waals surface area contributed by atoms with Gasteiger partial charge < -0.3 is 10.1 Å². The molecule has 3 heteroatoms. The number of benzene rings is 1. The Hall–Kier alpha value is -0.540. The fourth-order valence-electron chi connectivity index (χ4n) is 2.74. The van der Waals surface area contributed by atoms with Crippen LogP contribution in [0.15, 0.2) is 22.7 Å². The van der Waals surface area contributed by atoms with Gasteiger partial charge in [0.25, 0.3) is 0 Å². The van der Waals surface area contributed by atoms with E-state index in [1.54, 1.807) is 0 Å². The van der Waals surface area contributed by atoms with Crippen molar-refractivity contribution in [2.75, 3.05) is 6.54 Å². The van der Waals surface area contributed by atoms with Crippen LogP contribution >= 0.6 is 15.9 Å². The number of ether oxygens (including phenoxy) is 1. The molecule has 0 atom stereocenters. The Bertz CT molecular complexity index is 413. The van der Waals surface area contributed by atoms with Gasteiger partial charge in [-0.15, -0.1) is 0 Å². The van der Waals surface area contributed by atoms with E-state index in [0.717, 1.165) is 35.7 Å². The zero-order chi connectivity index (χ0) is 14.4. The van der Waals surface area contributed by atoms with Crippen LogP contribution in [0.5, 0.6) is 5.75 Å². The largest absolute Gasteiger partial charge is 0.489 e. The highest BCUT2D eigenvalue weighted by atomic mass is 79.9. The van der Waals surface area contributed by atoms with Crippen molar-refractivity contribution in [1.82, 2.24) is 5.32 Å². The molecular formula is C17H26BrNO. The summed E-state index contributed by atoms with van der Waals surface area (Å²) in [5.74, 6) is 1.90. The fourth-order valence-corrected chi connectivity index (χ4v) is 3.24. The van der Waals surface area contributed by atoms with Crippen molar-refractivity contribution in [1.29, 1.82) is 0 Å². The Balaban J connectivity index is 2.01. The lowest BCUT2D eigenvalue weighted by atomic mass is 9.89. The number of hydrogen-bond acceptors (Lipinski definition) is 2. The molecule has 1 fully saturated rings. The van der Waals surface area contributed by atoms with E-state index >= 15 is 0 Å². The van der Waals surface area contributed by atoms with Crippen molar-refractivity contribution < 1.29 is 4.74 Å². The van der Waals surface area contributed by atoms with Crippen LogP contribution in [0.3, 0.4) is 0 Å². The topological polar surface area (TPSA) is 21.3 Å². The lowest BCUT2D eigenvalue weighted by Crippen LogP contribution is -2.24. The molecule has 1 aliphatic carbocycles. The van der Waals surface area contributed by atoms with Gasteiger partial charge >= 0.3 is 0 Å². The lowest BCUT2D eigenvalue weighted by Gasteiger charge is -2.28. The Labute approximate surface area is 131 Å². The highest BCUT2D eigenvalue weighted by Crippen LogP contribution is 2.33. The predicted molar refractivity (Wildman–Crippen MR) is 88.2 cm³/mol. The predicted octanol–water partition coefficient (Wildman–Crippen LogP) is 4.91. The summed E-state index contributed by atoms with van der Waals surface area (Å²) in [5.41, 5.74) is 1.26. The highest BCUT2D eigenvalue weighted by Gasteiger charge is 2.21. The summed E-state index contributed by atoms with van der Waals surface area (Å²) < 4.78 is 7.39. The van der Waals surface area contributed by atoms with E-state index in [0.29, 0.717) is 6.10 Å². The van der Waals surface area contributed by atoms with Gasteiger partial charge in [0, 0.05) is 12.1 Å². The second-order valence-electron chi connectivity index (χ2n) is 5.90. The molecule has 0 unspecified atom stereocenters. The Morgan fingerprint density at radius 3 is 2.70 bits per heavy atom. The first-order chi connectivity index (χ1) is 9.70. The monoisotopic (exact) mass is 339 g/mol. The molecule has 0 radical (unpaired) electrons. The zero-order valence-corrected chi connectivity index (χ0v) is 14.2. The van der Waals surface area contributed by atoms with Crippen molar-refractivity contribution in [2.45, 2.75) is 58.6 Å². The van der Waals surface area contributed by atoms with Gasteiger partial charge in [-0.3, -0.25) is 0 Å². The molecule has 1 aromatic rings. The molecular weight excluding hydrogens is 314 g/mol. The maximum Gasteiger partial charge on any atom is 0.138 e. The summed E-state index contributed by atoms with van der Waals surface area (Å²) in [6.07, 6.45) is 6.49. The third kappa shape index (κ3) is 4.49. The van der Waals surface area contributed by atoms with Gasteiger partial charge in [0.2, 0.25) is 0 Å². The first kappa shape index (κ1) is 15.8. The maximum atomic E-state index is 6.31. The number of para-hydroxylation sites is 1. The minimum absolute atomic E-state index is 0.384. The van der Waals surface area contributed by atoms with Crippen molar-refractivity contribution in [3.63, 3.8) is 0 Å². The first-order valence-electron chi connectivity index (χ1n) is 7.85. The SMILES string of the molecule is CCCNCc1cccc(Br)c1OC1CCC(C)CC1. The number of hydrogen-bond donors (Lipinski definition) is 1. The van der Waals surface area contributed by atoms with Crippen molar-refractivity contribution >= 4 is 15.9 Å². The molecule has 1 aromatic carbocycles. The number of nitrogens with one attached hydrogen (secondary N) is 1. The molecule has 0 bridgehead atoms. The van der Waals surface area contributed by atoms with Crippen molar-refractivity contribution in [3.8, 4) is 5.75 Å². The second kappa shape index (κ2) is 8.04. The molecule has 1 aliphatic rings. The molecule has 0 aromatic heterocycles. The van der Waals surface area contributed by atoms with Crippen LogP contribution in [0.2, 0.25) is 0 Å². The Morgan fingerprint density at radius 1 is 1.25 bits per heavy atom. The van der Waals surface area contributed by atoms with Gasteiger partial charge in [0.15, 0.2) is 0 Å². The van der Waals surface area contributed by atoms with Gasteiger partial charge in [-0.05, 0) is 66.6 Å².